The number of rotatable bonds is 5. The standard InChI is InChI=1S/C13H20N2O3S/c1-2-19(16,17)13-5-3-11(4-6-13)15-9-12-10-18-8-7-14-12/h3-6,12,14-15H,2,7-10H2,1H3. The normalized spacial score (nSPS) is 20.2. The molecule has 1 aliphatic heterocycles. The molecule has 2 N–H and O–H groups in total. The van der Waals surface area contributed by atoms with Gasteiger partial charge in [0.1, 0.15) is 0 Å². The van der Waals surface area contributed by atoms with Crippen molar-refractivity contribution in [2.45, 2.75) is 17.9 Å². The van der Waals surface area contributed by atoms with Gasteiger partial charge in [-0.1, -0.05) is 6.92 Å². The van der Waals surface area contributed by atoms with Gasteiger partial charge in [0, 0.05) is 24.8 Å². The zero-order valence-corrected chi connectivity index (χ0v) is 11.9. The molecule has 1 fully saturated rings. The summed E-state index contributed by atoms with van der Waals surface area (Å²) in [6, 6.07) is 7.18. The van der Waals surface area contributed by atoms with Crippen LogP contribution in [-0.2, 0) is 14.6 Å². The average Bonchev–Trinajstić information content (AvgIpc) is 2.47. The molecule has 0 spiro atoms. The monoisotopic (exact) mass is 284 g/mol. The van der Waals surface area contributed by atoms with Crippen molar-refractivity contribution in [2.75, 3.05) is 37.4 Å². The van der Waals surface area contributed by atoms with Gasteiger partial charge in [-0.3, -0.25) is 0 Å². The first-order valence-electron chi connectivity index (χ1n) is 6.49. The van der Waals surface area contributed by atoms with E-state index in [2.05, 4.69) is 10.6 Å². The molecular formula is C13H20N2O3S. The van der Waals surface area contributed by atoms with Crippen molar-refractivity contribution in [3.05, 3.63) is 24.3 Å². The molecule has 0 aromatic heterocycles. The second-order valence-electron chi connectivity index (χ2n) is 4.53. The van der Waals surface area contributed by atoms with Crippen LogP contribution in [0.1, 0.15) is 6.92 Å². The number of benzene rings is 1. The molecule has 6 heteroatoms. The summed E-state index contributed by atoms with van der Waals surface area (Å²) in [5.74, 6) is 0.128. The quantitative estimate of drug-likeness (QED) is 0.840. The van der Waals surface area contributed by atoms with Crippen LogP contribution < -0.4 is 10.6 Å². The van der Waals surface area contributed by atoms with Crippen LogP contribution in [0, 0.1) is 0 Å². The predicted octanol–water partition coefficient (Wildman–Crippen LogP) is 0.880. The summed E-state index contributed by atoms with van der Waals surface area (Å²) in [5, 5.41) is 6.62. The fraction of sp³-hybridized carbons (Fsp3) is 0.538. The third kappa shape index (κ3) is 3.92. The zero-order valence-electron chi connectivity index (χ0n) is 11.1. The fourth-order valence-electron chi connectivity index (χ4n) is 1.94. The summed E-state index contributed by atoms with van der Waals surface area (Å²) in [6.07, 6.45) is 0. The van der Waals surface area contributed by atoms with Gasteiger partial charge in [0.15, 0.2) is 9.84 Å². The largest absolute Gasteiger partial charge is 0.383 e. The minimum Gasteiger partial charge on any atom is -0.383 e. The lowest BCUT2D eigenvalue weighted by Crippen LogP contribution is -2.45. The number of morpholine rings is 1. The maximum Gasteiger partial charge on any atom is 0.178 e. The summed E-state index contributed by atoms with van der Waals surface area (Å²) in [4.78, 5) is 0.375. The highest BCUT2D eigenvalue weighted by Gasteiger charge is 2.13. The molecule has 1 aromatic rings. The van der Waals surface area contributed by atoms with Gasteiger partial charge < -0.3 is 15.4 Å². The Morgan fingerprint density at radius 1 is 1.37 bits per heavy atom. The smallest absolute Gasteiger partial charge is 0.178 e. The van der Waals surface area contributed by atoms with Crippen LogP contribution in [0.25, 0.3) is 0 Å². The Balaban J connectivity index is 1.91. The molecule has 5 nitrogen and oxygen atoms in total. The Labute approximate surface area is 114 Å². The Morgan fingerprint density at radius 3 is 2.68 bits per heavy atom. The highest BCUT2D eigenvalue weighted by Crippen LogP contribution is 2.15. The average molecular weight is 284 g/mol. The minimum atomic E-state index is -3.11. The molecule has 106 valence electrons. The third-order valence-electron chi connectivity index (χ3n) is 3.14. The van der Waals surface area contributed by atoms with Gasteiger partial charge in [0.05, 0.1) is 23.9 Å². The Kier molecular flexibility index (Phi) is 4.79. The number of hydrogen-bond donors (Lipinski definition) is 2. The highest BCUT2D eigenvalue weighted by molar-refractivity contribution is 7.91. The third-order valence-corrected chi connectivity index (χ3v) is 4.89. The number of sulfone groups is 1. The molecule has 1 aromatic carbocycles. The van der Waals surface area contributed by atoms with Crippen molar-refractivity contribution >= 4 is 15.5 Å². The molecule has 19 heavy (non-hydrogen) atoms. The molecule has 1 unspecified atom stereocenters. The molecule has 0 amide bonds. The first-order chi connectivity index (χ1) is 9.12. The van der Waals surface area contributed by atoms with Crippen LogP contribution in [0.3, 0.4) is 0 Å². The van der Waals surface area contributed by atoms with Crippen molar-refractivity contribution in [3.63, 3.8) is 0 Å². The van der Waals surface area contributed by atoms with Crippen LogP contribution in [0.5, 0.6) is 0 Å². The molecular weight excluding hydrogens is 264 g/mol. The van der Waals surface area contributed by atoms with Crippen molar-refractivity contribution in [3.8, 4) is 0 Å². The number of anilines is 1. The van der Waals surface area contributed by atoms with Gasteiger partial charge in [-0.25, -0.2) is 8.42 Å². The lowest BCUT2D eigenvalue weighted by atomic mass is 10.2. The topological polar surface area (TPSA) is 67.4 Å². The number of nitrogens with one attached hydrogen (secondary N) is 2. The van der Waals surface area contributed by atoms with Crippen LogP contribution in [0.4, 0.5) is 5.69 Å². The van der Waals surface area contributed by atoms with E-state index in [0.29, 0.717) is 17.5 Å². The number of ether oxygens (including phenoxy) is 1. The first-order valence-corrected chi connectivity index (χ1v) is 8.15. The van der Waals surface area contributed by atoms with Crippen molar-refractivity contribution in [2.24, 2.45) is 0 Å². The molecule has 0 saturated carbocycles. The second-order valence-corrected chi connectivity index (χ2v) is 6.81. The van der Waals surface area contributed by atoms with E-state index in [-0.39, 0.29) is 5.75 Å². The lowest BCUT2D eigenvalue weighted by molar-refractivity contribution is 0.0806. The summed E-state index contributed by atoms with van der Waals surface area (Å²) >= 11 is 0. The van der Waals surface area contributed by atoms with E-state index in [0.717, 1.165) is 25.4 Å². The summed E-state index contributed by atoms with van der Waals surface area (Å²) in [5.41, 5.74) is 0.919. The Bertz CT molecular complexity index is 493. The van der Waals surface area contributed by atoms with Crippen LogP contribution in [0.15, 0.2) is 29.2 Å². The van der Waals surface area contributed by atoms with E-state index in [1.54, 1.807) is 31.2 Å². The van der Waals surface area contributed by atoms with Crippen molar-refractivity contribution in [1.29, 1.82) is 0 Å². The summed E-state index contributed by atoms with van der Waals surface area (Å²) < 4.78 is 28.7. The first kappa shape index (κ1) is 14.3. The molecule has 0 aliphatic carbocycles. The Hall–Kier alpha value is -1.11. The minimum absolute atomic E-state index is 0.128. The molecule has 1 saturated heterocycles. The fourth-order valence-corrected chi connectivity index (χ4v) is 2.82. The molecule has 0 bridgehead atoms. The van der Waals surface area contributed by atoms with Gasteiger partial charge in [-0.2, -0.15) is 0 Å². The summed E-state index contributed by atoms with van der Waals surface area (Å²) in [6.45, 7) is 4.76. The van der Waals surface area contributed by atoms with E-state index >= 15 is 0 Å². The van der Waals surface area contributed by atoms with Gasteiger partial charge in [0.2, 0.25) is 0 Å². The van der Waals surface area contributed by atoms with Gasteiger partial charge in [-0.05, 0) is 24.3 Å². The molecule has 0 radical (unpaired) electrons. The highest BCUT2D eigenvalue weighted by atomic mass is 32.2. The SMILES string of the molecule is CCS(=O)(=O)c1ccc(NCC2COCCN2)cc1. The van der Waals surface area contributed by atoms with E-state index in [1.165, 1.54) is 0 Å². The number of hydrogen-bond acceptors (Lipinski definition) is 5. The van der Waals surface area contributed by atoms with E-state index in [1.807, 2.05) is 0 Å². The Morgan fingerprint density at radius 2 is 2.11 bits per heavy atom. The lowest BCUT2D eigenvalue weighted by Gasteiger charge is -2.24. The van der Waals surface area contributed by atoms with E-state index < -0.39 is 9.84 Å². The van der Waals surface area contributed by atoms with Gasteiger partial charge in [-0.15, -0.1) is 0 Å². The van der Waals surface area contributed by atoms with E-state index in [4.69, 9.17) is 4.74 Å². The van der Waals surface area contributed by atoms with Gasteiger partial charge in [0.25, 0.3) is 0 Å². The maximum atomic E-state index is 11.7. The molecule has 1 heterocycles. The summed E-state index contributed by atoms with van der Waals surface area (Å²) in [7, 11) is -3.11. The molecule has 1 aliphatic rings. The predicted molar refractivity (Wildman–Crippen MR) is 75.3 cm³/mol. The zero-order chi connectivity index (χ0) is 13.7. The molecule has 1 atom stereocenters. The van der Waals surface area contributed by atoms with Crippen LogP contribution in [0.2, 0.25) is 0 Å². The van der Waals surface area contributed by atoms with Crippen LogP contribution in [-0.4, -0.2) is 46.5 Å². The van der Waals surface area contributed by atoms with Crippen LogP contribution >= 0.6 is 0 Å². The van der Waals surface area contributed by atoms with Crippen molar-refractivity contribution in [1.82, 2.24) is 5.32 Å². The maximum absolute atomic E-state index is 11.7. The van der Waals surface area contributed by atoms with E-state index in [9.17, 15) is 8.42 Å². The van der Waals surface area contributed by atoms with Gasteiger partial charge >= 0.3 is 0 Å². The second kappa shape index (κ2) is 6.36. The molecule has 2 rings (SSSR count). The van der Waals surface area contributed by atoms with Crippen molar-refractivity contribution < 1.29 is 13.2 Å².